The van der Waals surface area contributed by atoms with Crippen LogP contribution >= 0.6 is 0 Å². The molecule has 182 valence electrons. The second kappa shape index (κ2) is 7.79. The van der Waals surface area contributed by atoms with Crippen LogP contribution in [0.3, 0.4) is 0 Å². The molecule has 0 aliphatic heterocycles. The second-order valence-electron chi connectivity index (χ2n) is 11.7. The van der Waals surface area contributed by atoms with Gasteiger partial charge in [0.25, 0.3) is 0 Å². The molecule has 0 bridgehead atoms. The number of rotatable bonds is 3. The predicted octanol–water partition coefficient (Wildman–Crippen LogP) is 3.10. The molecular formula is C26H42O6. The van der Waals surface area contributed by atoms with E-state index in [0.29, 0.717) is 24.3 Å². The van der Waals surface area contributed by atoms with Gasteiger partial charge in [-0.2, -0.15) is 0 Å². The predicted molar refractivity (Wildman–Crippen MR) is 121 cm³/mol. The van der Waals surface area contributed by atoms with Crippen LogP contribution in [0.1, 0.15) is 86.0 Å². The summed E-state index contributed by atoms with van der Waals surface area (Å²) in [4.78, 5) is 12.9. The van der Waals surface area contributed by atoms with E-state index in [-0.39, 0.29) is 29.8 Å². The molecule has 0 radical (unpaired) electrons. The van der Waals surface area contributed by atoms with Crippen LogP contribution in [-0.2, 0) is 9.53 Å². The van der Waals surface area contributed by atoms with Gasteiger partial charge in [-0.15, -0.1) is 0 Å². The number of aliphatic hydroxyl groups excluding tert-OH is 2. The van der Waals surface area contributed by atoms with Crippen molar-refractivity contribution in [2.24, 2.45) is 28.6 Å². The number of esters is 1. The SMILES string of the molecule is CC=C(C)C(=O)OC1CC2C(CCC3CC(O)CCC32C)C2(O)CCC(O)(C(C)O)C12C. The van der Waals surface area contributed by atoms with Crippen molar-refractivity contribution in [2.45, 2.75) is 115 Å². The minimum atomic E-state index is -1.54. The maximum Gasteiger partial charge on any atom is 0.333 e. The third-order valence-electron chi connectivity index (χ3n) is 10.8. The van der Waals surface area contributed by atoms with Crippen molar-refractivity contribution in [1.82, 2.24) is 0 Å². The summed E-state index contributed by atoms with van der Waals surface area (Å²) in [6, 6.07) is 0. The van der Waals surface area contributed by atoms with Crippen LogP contribution in [0.2, 0.25) is 0 Å². The molecule has 4 rings (SSSR count). The third kappa shape index (κ3) is 3.02. The van der Waals surface area contributed by atoms with Gasteiger partial charge in [0.1, 0.15) is 11.7 Å². The van der Waals surface area contributed by atoms with Crippen LogP contribution < -0.4 is 0 Å². The van der Waals surface area contributed by atoms with E-state index in [1.165, 1.54) is 0 Å². The maximum atomic E-state index is 12.9. The van der Waals surface area contributed by atoms with Gasteiger partial charge in [0.05, 0.1) is 23.2 Å². The molecule has 6 heteroatoms. The van der Waals surface area contributed by atoms with Gasteiger partial charge in [-0.3, -0.25) is 0 Å². The zero-order chi connectivity index (χ0) is 23.7. The molecule has 4 saturated carbocycles. The summed E-state index contributed by atoms with van der Waals surface area (Å²) in [5.74, 6) is 0.0449. The molecule has 10 atom stereocenters. The second-order valence-corrected chi connectivity index (χ2v) is 11.7. The lowest BCUT2D eigenvalue weighted by molar-refractivity contribution is -0.288. The fourth-order valence-electron chi connectivity index (χ4n) is 8.40. The Labute approximate surface area is 192 Å². The van der Waals surface area contributed by atoms with Crippen molar-refractivity contribution in [3.05, 3.63) is 11.6 Å². The Balaban J connectivity index is 1.80. The first-order valence-electron chi connectivity index (χ1n) is 12.5. The van der Waals surface area contributed by atoms with Crippen LogP contribution in [0.4, 0.5) is 0 Å². The molecule has 6 nitrogen and oxygen atoms in total. The van der Waals surface area contributed by atoms with Gasteiger partial charge in [0.2, 0.25) is 0 Å². The smallest absolute Gasteiger partial charge is 0.333 e. The van der Waals surface area contributed by atoms with Crippen LogP contribution in [-0.4, -0.2) is 55.9 Å². The van der Waals surface area contributed by atoms with Crippen molar-refractivity contribution in [3.63, 3.8) is 0 Å². The molecule has 0 saturated heterocycles. The molecule has 4 aliphatic rings. The third-order valence-corrected chi connectivity index (χ3v) is 10.8. The molecular weight excluding hydrogens is 408 g/mol. The van der Waals surface area contributed by atoms with Gasteiger partial charge in [0, 0.05) is 5.57 Å². The average Bonchev–Trinajstić information content (AvgIpc) is 2.97. The van der Waals surface area contributed by atoms with E-state index in [2.05, 4.69) is 6.92 Å². The topological polar surface area (TPSA) is 107 Å². The summed E-state index contributed by atoms with van der Waals surface area (Å²) in [5, 5.41) is 45.1. The van der Waals surface area contributed by atoms with E-state index in [1.807, 2.05) is 6.92 Å². The zero-order valence-electron chi connectivity index (χ0n) is 20.3. The number of carbonyl (C=O) groups excluding carboxylic acids is 1. The molecule has 0 aromatic rings. The molecule has 4 fully saturated rings. The molecule has 0 heterocycles. The number of carbonyl (C=O) groups is 1. The summed E-state index contributed by atoms with van der Waals surface area (Å²) in [7, 11) is 0. The Kier molecular flexibility index (Phi) is 5.89. The Bertz CT molecular complexity index is 793. The zero-order valence-corrected chi connectivity index (χ0v) is 20.3. The first-order valence-corrected chi connectivity index (χ1v) is 12.5. The van der Waals surface area contributed by atoms with E-state index in [1.54, 1.807) is 26.8 Å². The summed E-state index contributed by atoms with van der Waals surface area (Å²) >= 11 is 0. The first kappa shape index (κ1) is 24.2. The van der Waals surface area contributed by atoms with Crippen LogP contribution in [0.25, 0.3) is 0 Å². The van der Waals surface area contributed by atoms with E-state index in [4.69, 9.17) is 4.74 Å². The van der Waals surface area contributed by atoms with Gasteiger partial charge in [-0.1, -0.05) is 19.9 Å². The minimum absolute atomic E-state index is 0.0328. The van der Waals surface area contributed by atoms with Crippen molar-refractivity contribution in [2.75, 3.05) is 0 Å². The molecule has 4 N–H and O–H groups in total. The number of allylic oxidation sites excluding steroid dienone is 1. The van der Waals surface area contributed by atoms with Gasteiger partial charge < -0.3 is 25.2 Å². The largest absolute Gasteiger partial charge is 0.458 e. The molecule has 0 spiro atoms. The highest BCUT2D eigenvalue weighted by Crippen LogP contribution is 2.70. The quantitative estimate of drug-likeness (QED) is 0.389. The van der Waals surface area contributed by atoms with Crippen molar-refractivity contribution >= 4 is 5.97 Å². The van der Waals surface area contributed by atoms with Gasteiger partial charge in [-0.25, -0.2) is 4.79 Å². The van der Waals surface area contributed by atoms with E-state index in [9.17, 15) is 25.2 Å². The summed E-state index contributed by atoms with van der Waals surface area (Å²) in [5.41, 5.74) is -3.50. The van der Waals surface area contributed by atoms with Crippen molar-refractivity contribution in [1.29, 1.82) is 0 Å². The van der Waals surface area contributed by atoms with E-state index in [0.717, 1.165) is 32.1 Å². The van der Waals surface area contributed by atoms with Crippen LogP contribution in [0.15, 0.2) is 11.6 Å². The summed E-state index contributed by atoms with van der Waals surface area (Å²) in [6.45, 7) is 9.18. The Hall–Kier alpha value is -0.950. The number of hydrogen-bond acceptors (Lipinski definition) is 6. The highest BCUT2D eigenvalue weighted by atomic mass is 16.5. The average molecular weight is 451 g/mol. The fraction of sp³-hybridized carbons (Fsp3) is 0.885. The molecule has 0 aromatic carbocycles. The molecule has 32 heavy (non-hydrogen) atoms. The number of hydrogen-bond donors (Lipinski definition) is 4. The van der Waals surface area contributed by atoms with Gasteiger partial charge in [-0.05, 0) is 95.3 Å². The number of ether oxygens (including phenoxy) is 1. The van der Waals surface area contributed by atoms with Crippen LogP contribution in [0, 0.1) is 28.6 Å². The minimum Gasteiger partial charge on any atom is -0.458 e. The lowest BCUT2D eigenvalue weighted by atomic mass is 9.42. The molecule has 10 unspecified atom stereocenters. The Morgan fingerprint density at radius 2 is 1.75 bits per heavy atom. The van der Waals surface area contributed by atoms with E-state index >= 15 is 0 Å². The molecule has 4 aliphatic carbocycles. The lowest BCUT2D eigenvalue weighted by Gasteiger charge is -2.66. The maximum absolute atomic E-state index is 12.9. The van der Waals surface area contributed by atoms with Crippen molar-refractivity contribution < 1.29 is 30.0 Å². The summed E-state index contributed by atoms with van der Waals surface area (Å²) in [6.07, 6.45) is 5.10. The molecule has 0 aromatic heterocycles. The monoisotopic (exact) mass is 450 g/mol. The lowest BCUT2D eigenvalue weighted by Crippen LogP contribution is -2.72. The first-order chi connectivity index (χ1) is 14.8. The Morgan fingerprint density at radius 1 is 1.06 bits per heavy atom. The molecule has 0 amide bonds. The normalized spacial score (nSPS) is 51.9. The number of fused-ring (bicyclic) bond motifs is 5. The highest BCUT2D eigenvalue weighted by molar-refractivity contribution is 5.87. The van der Waals surface area contributed by atoms with Gasteiger partial charge >= 0.3 is 5.97 Å². The van der Waals surface area contributed by atoms with Gasteiger partial charge in [0.15, 0.2) is 0 Å². The van der Waals surface area contributed by atoms with Crippen molar-refractivity contribution in [3.8, 4) is 0 Å². The summed E-state index contributed by atoms with van der Waals surface area (Å²) < 4.78 is 6.08. The van der Waals surface area contributed by atoms with E-state index < -0.39 is 34.8 Å². The number of aliphatic hydroxyl groups is 4. The standard InChI is InChI=1S/C26H42O6/c1-6-15(2)22(29)32-21-14-20-19(8-7-17-13-18(28)9-10-23(17,20)4)26(31)12-11-25(30,16(3)27)24(21,26)5/h6,16-21,27-28,30-31H,7-14H2,1-5H3. The Morgan fingerprint density at radius 3 is 2.38 bits per heavy atom. The fourth-order valence-corrected chi connectivity index (χ4v) is 8.40. The van der Waals surface area contributed by atoms with Crippen LogP contribution in [0.5, 0.6) is 0 Å². The highest BCUT2D eigenvalue weighted by Gasteiger charge is 2.76.